The summed E-state index contributed by atoms with van der Waals surface area (Å²) in [6.07, 6.45) is -0.212. The van der Waals surface area contributed by atoms with Crippen molar-refractivity contribution in [3.05, 3.63) is 24.3 Å². The maximum atomic E-state index is 12.5. The van der Waals surface area contributed by atoms with Crippen LogP contribution in [0.15, 0.2) is 24.3 Å². The highest BCUT2D eigenvalue weighted by Crippen LogP contribution is 2.30. The third-order valence-electron chi connectivity index (χ3n) is 3.82. The summed E-state index contributed by atoms with van der Waals surface area (Å²) in [7, 11) is 0. The molecule has 1 amide bonds. The van der Waals surface area contributed by atoms with Crippen molar-refractivity contribution < 1.29 is 15.0 Å². The minimum absolute atomic E-state index is 0.0269. The van der Waals surface area contributed by atoms with E-state index in [0.717, 1.165) is 11.0 Å². The lowest BCUT2D eigenvalue weighted by molar-refractivity contribution is -0.124. The molecule has 0 aliphatic carbocycles. The summed E-state index contributed by atoms with van der Waals surface area (Å²) in [6.45, 7) is 2.35. The van der Waals surface area contributed by atoms with Crippen LogP contribution in [0, 0.1) is 5.92 Å². The summed E-state index contributed by atoms with van der Waals surface area (Å²) in [6, 6.07) is 7.73. The summed E-state index contributed by atoms with van der Waals surface area (Å²) in [5.74, 6) is 0.225. The van der Waals surface area contributed by atoms with Gasteiger partial charge in [-0.15, -0.1) is 0 Å². The van der Waals surface area contributed by atoms with E-state index in [4.69, 9.17) is 0 Å². The van der Waals surface area contributed by atoms with Crippen molar-refractivity contribution in [3.63, 3.8) is 0 Å². The van der Waals surface area contributed by atoms with Gasteiger partial charge in [0.1, 0.15) is 0 Å². The van der Waals surface area contributed by atoms with Crippen LogP contribution in [0.4, 0.5) is 5.95 Å². The Hall–Kier alpha value is -1.92. The summed E-state index contributed by atoms with van der Waals surface area (Å²) < 4.78 is 2.00. The van der Waals surface area contributed by atoms with Crippen LogP contribution in [0.5, 0.6) is 0 Å². The molecule has 2 heterocycles. The van der Waals surface area contributed by atoms with Gasteiger partial charge in [-0.05, 0) is 25.5 Å². The number of amides is 1. The Balaban J connectivity index is 2.10. The van der Waals surface area contributed by atoms with E-state index in [1.807, 2.05) is 28.8 Å². The maximum Gasteiger partial charge on any atom is 0.234 e. The molecular formula is C15H19N3O3. The van der Waals surface area contributed by atoms with Gasteiger partial charge in [0.05, 0.1) is 29.6 Å². The third kappa shape index (κ3) is 2.41. The average Bonchev–Trinajstić information content (AvgIpc) is 2.82. The second-order valence-electron chi connectivity index (χ2n) is 5.52. The Kier molecular flexibility index (Phi) is 3.65. The summed E-state index contributed by atoms with van der Waals surface area (Å²) in [5.41, 5.74) is 1.80. The van der Waals surface area contributed by atoms with E-state index in [2.05, 4.69) is 4.98 Å². The molecule has 0 radical (unpaired) electrons. The van der Waals surface area contributed by atoms with Gasteiger partial charge in [0.2, 0.25) is 11.9 Å². The summed E-state index contributed by atoms with van der Waals surface area (Å²) in [5, 5.41) is 18.8. The Morgan fingerprint density at radius 1 is 1.43 bits per heavy atom. The van der Waals surface area contributed by atoms with Gasteiger partial charge in [0.25, 0.3) is 0 Å². The number of anilines is 1. The molecule has 2 aromatic rings. The third-order valence-corrected chi connectivity index (χ3v) is 3.82. The molecule has 6 nitrogen and oxygen atoms in total. The topological polar surface area (TPSA) is 78.6 Å². The predicted octanol–water partition coefficient (Wildman–Crippen LogP) is 0.762. The first-order valence-electron chi connectivity index (χ1n) is 7.17. The minimum atomic E-state index is -0.630. The molecule has 0 fully saturated rings. The first-order valence-corrected chi connectivity index (χ1v) is 7.17. The van der Waals surface area contributed by atoms with E-state index in [1.54, 1.807) is 6.92 Å². The number of hydrogen-bond donors (Lipinski definition) is 2. The number of benzene rings is 1. The fraction of sp³-hybridized carbons (Fsp3) is 0.467. The summed E-state index contributed by atoms with van der Waals surface area (Å²) in [4.78, 5) is 18.6. The monoisotopic (exact) mass is 289 g/mol. The van der Waals surface area contributed by atoms with Gasteiger partial charge in [-0.2, -0.15) is 0 Å². The minimum Gasteiger partial charge on any atom is -0.396 e. The van der Waals surface area contributed by atoms with Gasteiger partial charge in [0.15, 0.2) is 0 Å². The fourth-order valence-corrected chi connectivity index (χ4v) is 2.87. The lowest BCUT2D eigenvalue weighted by Crippen LogP contribution is -2.47. The maximum absolute atomic E-state index is 12.5. The molecule has 0 spiro atoms. The van der Waals surface area contributed by atoms with Crippen LogP contribution in [0.3, 0.4) is 0 Å². The zero-order valence-electron chi connectivity index (χ0n) is 11.9. The number of hydrogen-bond acceptors (Lipinski definition) is 4. The zero-order chi connectivity index (χ0) is 15.0. The van der Waals surface area contributed by atoms with E-state index >= 15 is 0 Å². The molecule has 6 heteroatoms. The fourth-order valence-electron chi connectivity index (χ4n) is 2.87. The van der Waals surface area contributed by atoms with E-state index in [-0.39, 0.29) is 25.0 Å². The second-order valence-corrected chi connectivity index (χ2v) is 5.52. The van der Waals surface area contributed by atoms with Gasteiger partial charge < -0.3 is 14.8 Å². The number of rotatable bonds is 4. The normalized spacial score (nSPS) is 19.9. The van der Waals surface area contributed by atoms with Crippen molar-refractivity contribution in [2.45, 2.75) is 26.0 Å². The van der Waals surface area contributed by atoms with Crippen LogP contribution in [-0.4, -0.2) is 44.9 Å². The number of aliphatic hydroxyl groups is 2. The van der Waals surface area contributed by atoms with Crippen molar-refractivity contribution in [1.29, 1.82) is 0 Å². The molecule has 1 aliphatic rings. The Morgan fingerprint density at radius 2 is 2.19 bits per heavy atom. The van der Waals surface area contributed by atoms with Gasteiger partial charge in [-0.1, -0.05) is 12.1 Å². The molecule has 3 rings (SSSR count). The standard InChI is InChI=1S/C15H19N3O3/c1-10(20)8-18-14(21)11(6-7-19)9-17-13-5-3-2-4-12(13)16-15(17)18/h2-5,10-11,19-20H,6-9H2,1H3. The van der Waals surface area contributed by atoms with Crippen molar-refractivity contribution >= 4 is 22.9 Å². The number of β-amino-alcohol motifs (C(OH)–C–C–N with tert-alkyl or cyclic N) is 1. The highest BCUT2D eigenvalue weighted by molar-refractivity contribution is 5.97. The number of aromatic nitrogens is 2. The number of nitrogens with zero attached hydrogens (tertiary/aromatic N) is 3. The number of aliphatic hydroxyl groups excluding tert-OH is 2. The molecule has 1 aromatic carbocycles. The molecule has 112 valence electrons. The lowest BCUT2D eigenvalue weighted by Gasteiger charge is -2.33. The molecule has 0 saturated heterocycles. The Bertz CT molecular complexity index is 665. The van der Waals surface area contributed by atoms with E-state index in [9.17, 15) is 15.0 Å². The van der Waals surface area contributed by atoms with Crippen molar-refractivity contribution in [1.82, 2.24) is 9.55 Å². The van der Waals surface area contributed by atoms with Crippen LogP contribution in [0.1, 0.15) is 13.3 Å². The smallest absolute Gasteiger partial charge is 0.234 e. The van der Waals surface area contributed by atoms with Crippen molar-refractivity contribution in [2.75, 3.05) is 18.1 Å². The number of para-hydroxylation sites is 2. The highest BCUT2D eigenvalue weighted by atomic mass is 16.3. The summed E-state index contributed by atoms with van der Waals surface area (Å²) >= 11 is 0. The first-order chi connectivity index (χ1) is 10.1. The quantitative estimate of drug-likeness (QED) is 0.871. The molecule has 21 heavy (non-hydrogen) atoms. The second kappa shape index (κ2) is 5.46. The number of carbonyl (C=O) groups excluding carboxylic acids is 1. The van der Waals surface area contributed by atoms with Gasteiger partial charge >= 0.3 is 0 Å². The van der Waals surface area contributed by atoms with Crippen LogP contribution >= 0.6 is 0 Å². The van der Waals surface area contributed by atoms with Crippen molar-refractivity contribution in [2.24, 2.45) is 5.92 Å². The number of carbonyl (C=O) groups is 1. The van der Waals surface area contributed by atoms with Gasteiger partial charge in [-0.25, -0.2) is 4.98 Å². The molecule has 1 aliphatic heterocycles. The largest absolute Gasteiger partial charge is 0.396 e. The predicted molar refractivity (Wildman–Crippen MR) is 79.0 cm³/mol. The molecule has 0 bridgehead atoms. The number of imidazole rings is 1. The van der Waals surface area contributed by atoms with E-state index in [0.29, 0.717) is 18.9 Å². The van der Waals surface area contributed by atoms with E-state index in [1.165, 1.54) is 4.90 Å². The molecule has 2 unspecified atom stereocenters. The van der Waals surface area contributed by atoms with Gasteiger partial charge in [-0.3, -0.25) is 9.69 Å². The van der Waals surface area contributed by atoms with Crippen LogP contribution < -0.4 is 4.90 Å². The van der Waals surface area contributed by atoms with E-state index < -0.39 is 6.10 Å². The lowest BCUT2D eigenvalue weighted by atomic mass is 10.0. The number of fused-ring (bicyclic) bond motifs is 3. The molecule has 0 saturated carbocycles. The molecule has 2 atom stereocenters. The van der Waals surface area contributed by atoms with Crippen LogP contribution in [0.25, 0.3) is 11.0 Å². The van der Waals surface area contributed by atoms with Crippen LogP contribution in [-0.2, 0) is 11.3 Å². The molecule has 1 aromatic heterocycles. The SMILES string of the molecule is CC(O)CN1C(=O)C(CCO)Cn2c1nc1ccccc12. The first kappa shape index (κ1) is 14.0. The highest BCUT2D eigenvalue weighted by Gasteiger charge is 2.35. The molecule has 2 N–H and O–H groups in total. The molecular weight excluding hydrogens is 270 g/mol. The zero-order valence-corrected chi connectivity index (χ0v) is 11.9. The Labute approximate surface area is 122 Å². The average molecular weight is 289 g/mol. The van der Waals surface area contributed by atoms with Crippen LogP contribution in [0.2, 0.25) is 0 Å². The van der Waals surface area contributed by atoms with Crippen molar-refractivity contribution in [3.8, 4) is 0 Å². The Morgan fingerprint density at radius 3 is 2.90 bits per heavy atom. The van der Waals surface area contributed by atoms with Gasteiger partial charge in [0, 0.05) is 13.2 Å².